The first-order chi connectivity index (χ1) is 11.0. The minimum absolute atomic E-state index is 0.000781. The second-order valence-electron chi connectivity index (χ2n) is 6.69. The van der Waals surface area contributed by atoms with Crippen LogP contribution in [0.4, 0.5) is 5.69 Å². The van der Waals surface area contributed by atoms with E-state index in [1.807, 2.05) is 17.0 Å². The van der Waals surface area contributed by atoms with E-state index in [-0.39, 0.29) is 23.9 Å². The van der Waals surface area contributed by atoms with Crippen LogP contribution >= 0.6 is 0 Å². The van der Waals surface area contributed by atoms with Gasteiger partial charge in [0.2, 0.25) is 11.8 Å². The van der Waals surface area contributed by atoms with Gasteiger partial charge in [-0.3, -0.25) is 9.59 Å². The van der Waals surface area contributed by atoms with Gasteiger partial charge >= 0.3 is 0 Å². The number of carbonyl (C=O) groups is 2. The summed E-state index contributed by atoms with van der Waals surface area (Å²) in [6.07, 6.45) is 1.69. The summed E-state index contributed by atoms with van der Waals surface area (Å²) in [6.45, 7) is 5.76. The molecular formula is C18H25N3O2. The molecule has 0 unspecified atom stereocenters. The van der Waals surface area contributed by atoms with Gasteiger partial charge in [-0.15, -0.1) is 0 Å². The first-order valence-corrected chi connectivity index (χ1v) is 8.35. The summed E-state index contributed by atoms with van der Waals surface area (Å²) in [4.78, 5) is 30.8. The number of anilines is 1. The lowest BCUT2D eigenvalue weighted by molar-refractivity contribution is -0.144. The summed E-state index contributed by atoms with van der Waals surface area (Å²) >= 11 is 0. The quantitative estimate of drug-likeness (QED) is 0.794. The molecule has 0 aromatic heterocycles. The average Bonchev–Trinajstić information content (AvgIpc) is 2.97. The number of likely N-dealkylation sites (tertiary alicyclic amines) is 1. The molecule has 2 atom stereocenters. The molecule has 124 valence electrons. The molecule has 1 aromatic carbocycles. The summed E-state index contributed by atoms with van der Waals surface area (Å²) in [5.41, 5.74) is 2.35. The predicted octanol–water partition coefficient (Wildman–Crippen LogP) is 1.86. The van der Waals surface area contributed by atoms with Crippen molar-refractivity contribution in [1.82, 2.24) is 9.80 Å². The standard InChI is InChI=1S/C18H25N3O2/c1-13-11-19(3)16-8-5-4-7-15(16)12-21(13)18(23)17-9-6-10-20(17)14(2)22/h4-5,7-8,13,17H,6,9-12H2,1-3H3/t13-,17+/m1/s1. The molecule has 5 heteroatoms. The molecule has 2 aliphatic heterocycles. The molecule has 0 N–H and O–H groups in total. The van der Waals surface area contributed by atoms with Gasteiger partial charge in [0.25, 0.3) is 0 Å². The van der Waals surface area contributed by atoms with Crippen LogP contribution < -0.4 is 4.90 Å². The van der Waals surface area contributed by atoms with Crippen molar-refractivity contribution in [2.45, 2.75) is 45.3 Å². The van der Waals surface area contributed by atoms with Crippen LogP contribution in [0.5, 0.6) is 0 Å². The maximum Gasteiger partial charge on any atom is 0.245 e. The van der Waals surface area contributed by atoms with Crippen molar-refractivity contribution < 1.29 is 9.59 Å². The van der Waals surface area contributed by atoms with Gasteiger partial charge in [-0.2, -0.15) is 0 Å². The number of hydrogen-bond donors (Lipinski definition) is 0. The first-order valence-electron chi connectivity index (χ1n) is 8.35. The van der Waals surface area contributed by atoms with Crippen molar-refractivity contribution >= 4 is 17.5 Å². The van der Waals surface area contributed by atoms with Gasteiger partial charge in [0.05, 0.1) is 0 Å². The highest BCUT2D eigenvalue weighted by molar-refractivity contribution is 5.88. The largest absolute Gasteiger partial charge is 0.372 e. The van der Waals surface area contributed by atoms with Crippen LogP contribution in [-0.4, -0.2) is 53.8 Å². The highest BCUT2D eigenvalue weighted by Gasteiger charge is 2.37. The van der Waals surface area contributed by atoms with E-state index in [0.717, 1.165) is 19.4 Å². The van der Waals surface area contributed by atoms with E-state index in [0.29, 0.717) is 13.1 Å². The van der Waals surface area contributed by atoms with E-state index in [4.69, 9.17) is 0 Å². The number of amides is 2. The molecule has 0 bridgehead atoms. The normalized spacial score (nSPS) is 24.4. The highest BCUT2D eigenvalue weighted by Crippen LogP contribution is 2.28. The van der Waals surface area contributed by atoms with Crippen LogP contribution in [-0.2, 0) is 16.1 Å². The van der Waals surface area contributed by atoms with Gasteiger partial charge < -0.3 is 14.7 Å². The fourth-order valence-electron chi connectivity index (χ4n) is 3.84. The molecule has 0 spiro atoms. The van der Waals surface area contributed by atoms with E-state index in [1.165, 1.54) is 11.3 Å². The Kier molecular flexibility index (Phi) is 4.28. The monoisotopic (exact) mass is 315 g/mol. The van der Waals surface area contributed by atoms with Gasteiger partial charge in [0, 0.05) is 45.3 Å². The lowest BCUT2D eigenvalue weighted by Gasteiger charge is -2.33. The molecule has 5 nitrogen and oxygen atoms in total. The first kappa shape index (κ1) is 15.8. The molecule has 1 aromatic rings. The average molecular weight is 315 g/mol. The van der Waals surface area contributed by atoms with Crippen molar-refractivity contribution in [2.75, 3.05) is 25.0 Å². The summed E-state index contributed by atoms with van der Waals surface area (Å²) in [6, 6.07) is 8.07. The van der Waals surface area contributed by atoms with E-state index in [2.05, 4.69) is 31.0 Å². The third kappa shape index (κ3) is 2.92. The lowest BCUT2D eigenvalue weighted by atomic mass is 10.1. The molecule has 0 radical (unpaired) electrons. The number of rotatable bonds is 1. The number of fused-ring (bicyclic) bond motifs is 1. The lowest BCUT2D eigenvalue weighted by Crippen LogP contribution is -2.51. The Balaban J connectivity index is 1.87. The van der Waals surface area contributed by atoms with Gasteiger partial charge in [0.15, 0.2) is 0 Å². The third-order valence-electron chi connectivity index (χ3n) is 5.04. The Morgan fingerprint density at radius 3 is 2.65 bits per heavy atom. The van der Waals surface area contributed by atoms with Gasteiger partial charge in [-0.05, 0) is 31.4 Å². The number of para-hydroxylation sites is 1. The van der Waals surface area contributed by atoms with Gasteiger partial charge in [-0.25, -0.2) is 0 Å². The fourth-order valence-corrected chi connectivity index (χ4v) is 3.84. The van der Waals surface area contributed by atoms with E-state index in [9.17, 15) is 9.59 Å². The molecule has 2 amide bonds. The Morgan fingerprint density at radius 1 is 1.17 bits per heavy atom. The molecule has 2 heterocycles. The Labute approximate surface area is 137 Å². The van der Waals surface area contributed by atoms with Crippen LogP contribution in [0.2, 0.25) is 0 Å². The number of likely N-dealkylation sites (N-methyl/N-ethyl adjacent to an activating group) is 1. The molecule has 1 fully saturated rings. The maximum absolute atomic E-state index is 13.1. The summed E-state index contributed by atoms with van der Waals surface area (Å²) in [5.74, 6) is 0.0937. The number of hydrogen-bond acceptors (Lipinski definition) is 3. The van der Waals surface area contributed by atoms with Crippen LogP contribution in [0.1, 0.15) is 32.3 Å². The molecular weight excluding hydrogens is 290 g/mol. The van der Waals surface area contributed by atoms with Crippen LogP contribution in [0.25, 0.3) is 0 Å². The molecule has 23 heavy (non-hydrogen) atoms. The second-order valence-corrected chi connectivity index (χ2v) is 6.69. The molecule has 2 aliphatic rings. The summed E-state index contributed by atoms with van der Waals surface area (Å²) in [5, 5.41) is 0. The topological polar surface area (TPSA) is 43.9 Å². The minimum atomic E-state index is -0.287. The smallest absolute Gasteiger partial charge is 0.245 e. The van der Waals surface area contributed by atoms with Crippen LogP contribution in [0, 0.1) is 0 Å². The zero-order chi connectivity index (χ0) is 16.6. The van der Waals surface area contributed by atoms with E-state index < -0.39 is 0 Å². The van der Waals surface area contributed by atoms with E-state index in [1.54, 1.807) is 11.8 Å². The third-order valence-corrected chi connectivity index (χ3v) is 5.04. The van der Waals surface area contributed by atoms with Crippen LogP contribution in [0.15, 0.2) is 24.3 Å². The molecule has 0 saturated carbocycles. The number of nitrogens with zero attached hydrogens (tertiary/aromatic N) is 3. The molecule has 3 rings (SSSR count). The minimum Gasteiger partial charge on any atom is -0.372 e. The zero-order valence-corrected chi connectivity index (χ0v) is 14.2. The van der Waals surface area contributed by atoms with Gasteiger partial charge in [-0.1, -0.05) is 18.2 Å². The zero-order valence-electron chi connectivity index (χ0n) is 14.2. The van der Waals surface area contributed by atoms with Gasteiger partial charge in [0.1, 0.15) is 6.04 Å². The molecule has 1 saturated heterocycles. The summed E-state index contributed by atoms with van der Waals surface area (Å²) in [7, 11) is 2.07. The Hall–Kier alpha value is -2.04. The predicted molar refractivity (Wildman–Crippen MR) is 90.1 cm³/mol. The van der Waals surface area contributed by atoms with Crippen molar-refractivity contribution in [3.63, 3.8) is 0 Å². The van der Waals surface area contributed by atoms with Crippen molar-refractivity contribution in [2.24, 2.45) is 0 Å². The molecule has 0 aliphatic carbocycles. The second kappa shape index (κ2) is 6.22. The summed E-state index contributed by atoms with van der Waals surface area (Å²) < 4.78 is 0. The van der Waals surface area contributed by atoms with Crippen molar-refractivity contribution in [3.05, 3.63) is 29.8 Å². The fraction of sp³-hybridized carbons (Fsp3) is 0.556. The van der Waals surface area contributed by atoms with E-state index >= 15 is 0 Å². The van der Waals surface area contributed by atoms with Crippen molar-refractivity contribution in [3.8, 4) is 0 Å². The highest BCUT2D eigenvalue weighted by atomic mass is 16.2. The van der Waals surface area contributed by atoms with Crippen LogP contribution in [0.3, 0.4) is 0 Å². The Morgan fingerprint density at radius 2 is 1.91 bits per heavy atom. The number of benzene rings is 1. The number of carbonyl (C=O) groups excluding carboxylic acids is 2. The maximum atomic E-state index is 13.1. The Bertz CT molecular complexity index is 616. The van der Waals surface area contributed by atoms with Crippen molar-refractivity contribution in [1.29, 1.82) is 0 Å². The SMILES string of the molecule is CC(=O)N1CCC[C@H]1C(=O)N1Cc2ccccc2N(C)C[C@H]1C.